The molecule has 2 amide bonds. The van der Waals surface area contributed by atoms with E-state index in [-0.39, 0.29) is 17.6 Å². The van der Waals surface area contributed by atoms with E-state index in [1.165, 1.54) is 24.4 Å². The van der Waals surface area contributed by atoms with Crippen LogP contribution in [0, 0.1) is 13.8 Å². The number of anilines is 2. The Morgan fingerprint density at radius 2 is 1.85 bits per heavy atom. The van der Waals surface area contributed by atoms with Crippen LogP contribution in [0.4, 0.5) is 11.4 Å². The molecular weight excluding hydrogens is 384 g/mol. The maximum atomic E-state index is 12.4. The molecule has 0 radical (unpaired) electrons. The van der Waals surface area contributed by atoms with Gasteiger partial charge >= 0.3 is 0 Å². The molecule has 1 atom stereocenters. The first-order valence-corrected chi connectivity index (χ1v) is 9.86. The Labute approximate surface area is 168 Å². The maximum Gasteiger partial charge on any atom is 0.237 e. The lowest BCUT2D eigenvalue weighted by Gasteiger charge is -2.14. The van der Waals surface area contributed by atoms with Gasteiger partial charge in [0.05, 0.1) is 23.8 Å². The number of carbonyl (C=O) groups excluding carboxylic acids is 2. The Bertz CT molecular complexity index is 842. The number of ether oxygens (including phenoxy) is 1. The summed E-state index contributed by atoms with van der Waals surface area (Å²) in [4.78, 5) is 24.5. The van der Waals surface area contributed by atoms with Crippen LogP contribution in [0.1, 0.15) is 18.1 Å². The van der Waals surface area contributed by atoms with Gasteiger partial charge in [-0.15, -0.1) is 11.8 Å². The van der Waals surface area contributed by atoms with E-state index in [4.69, 9.17) is 16.3 Å². The number of rotatable bonds is 7. The number of halogens is 1. The minimum absolute atomic E-state index is 0.150. The number of nitrogens with one attached hydrogen (secondary N) is 2. The number of hydrogen-bond donors (Lipinski definition) is 2. The molecule has 0 aliphatic rings. The van der Waals surface area contributed by atoms with Gasteiger partial charge in [-0.1, -0.05) is 17.7 Å². The fourth-order valence-electron chi connectivity index (χ4n) is 2.30. The summed E-state index contributed by atoms with van der Waals surface area (Å²) in [6, 6.07) is 10.8. The quantitative estimate of drug-likeness (QED) is 0.701. The van der Waals surface area contributed by atoms with Crippen LogP contribution in [0.5, 0.6) is 5.75 Å². The van der Waals surface area contributed by atoms with Gasteiger partial charge in [-0.25, -0.2) is 0 Å². The van der Waals surface area contributed by atoms with E-state index in [0.717, 1.165) is 11.3 Å². The second kappa shape index (κ2) is 9.67. The van der Waals surface area contributed by atoms with Crippen LogP contribution in [-0.4, -0.2) is 29.9 Å². The Kier molecular flexibility index (Phi) is 7.56. The summed E-state index contributed by atoms with van der Waals surface area (Å²) in [5.74, 6) is 0.328. The first-order valence-electron chi connectivity index (χ1n) is 8.43. The number of methoxy groups -OCH3 is 1. The Hall–Kier alpha value is -2.18. The lowest BCUT2D eigenvalue weighted by atomic mass is 10.1. The lowest BCUT2D eigenvalue weighted by molar-refractivity contribution is -0.115. The normalized spacial score (nSPS) is 11.6. The van der Waals surface area contributed by atoms with Gasteiger partial charge in [0, 0.05) is 10.7 Å². The molecule has 0 spiro atoms. The molecule has 0 aliphatic carbocycles. The van der Waals surface area contributed by atoms with Crippen LogP contribution in [0.2, 0.25) is 5.02 Å². The van der Waals surface area contributed by atoms with Gasteiger partial charge < -0.3 is 15.4 Å². The molecule has 2 aromatic carbocycles. The number of amides is 2. The Morgan fingerprint density at radius 3 is 2.52 bits per heavy atom. The average molecular weight is 407 g/mol. The molecule has 0 bridgehead atoms. The second-order valence-electron chi connectivity index (χ2n) is 6.13. The van der Waals surface area contributed by atoms with Crippen molar-refractivity contribution < 1.29 is 14.3 Å². The van der Waals surface area contributed by atoms with Gasteiger partial charge in [0.2, 0.25) is 11.8 Å². The average Bonchev–Trinajstić information content (AvgIpc) is 2.63. The highest BCUT2D eigenvalue weighted by Crippen LogP contribution is 2.28. The molecule has 0 fully saturated rings. The first kappa shape index (κ1) is 21.1. The molecule has 2 aromatic rings. The minimum Gasteiger partial charge on any atom is -0.495 e. The van der Waals surface area contributed by atoms with Crippen LogP contribution >= 0.6 is 23.4 Å². The molecule has 2 N–H and O–H groups in total. The van der Waals surface area contributed by atoms with Crippen LogP contribution in [-0.2, 0) is 9.59 Å². The summed E-state index contributed by atoms with van der Waals surface area (Å²) in [5, 5.41) is 5.72. The number of hydrogen-bond acceptors (Lipinski definition) is 4. The Morgan fingerprint density at radius 1 is 1.11 bits per heavy atom. The van der Waals surface area contributed by atoms with Gasteiger partial charge in [-0.3, -0.25) is 9.59 Å². The van der Waals surface area contributed by atoms with E-state index in [0.29, 0.717) is 16.5 Å². The molecule has 2 rings (SSSR count). The van der Waals surface area contributed by atoms with Crippen molar-refractivity contribution in [3.8, 4) is 5.75 Å². The van der Waals surface area contributed by atoms with E-state index < -0.39 is 5.25 Å². The summed E-state index contributed by atoms with van der Waals surface area (Å²) in [6.45, 7) is 5.77. The minimum atomic E-state index is -0.417. The van der Waals surface area contributed by atoms with E-state index in [2.05, 4.69) is 10.6 Å². The number of aryl methyl sites for hydroxylation is 2. The standard InChI is InChI=1S/C20H23ClN2O3S/c1-12-5-7-16(9-13(12)2)22-19(24)11-27-14(3)20(25)23-17-10-15(21)6-8-18(17)26-4/h5-10,14H,11H2,1-4H3,(H,22,24)(H,23,25). The van der Waals surface area contributed by atoms with Crippen molar-refractivity contribution in [1.82, 2.24) is 0 Å². The van der Waals surface area contributed by atoms with Crippen molar-refractivity contribution >= 4 is 46.6 Å². The molecule has 0 heterocycles. The van der Waals surface area contributed by atoms with Gasteiger partial charge in [0.1, 0.15) is 5.75 Å². The van der Waals surface area contributed by atoms with Crippen LogP contribution in [0.25, 0.3) is 0 Å². The highest BCUT2D eigenvalue weighted by Gasteiger charge is 2.17. The zero-order valence-electron chi connectivity index (χ0n) is 15.8. The third kappa shape index (κ3) is 6.19. The molecule has 0 saturated carbocycles. The Balaban J connectivity index is 1.88. The summed E-state index contributed by atoms with van der Waals surface area (Å²) in [5.41, 5.74) is 3.54. The largest absolute Gasteiger partial charge is 0.495 e. The number of benzene rings is 2. The summed E-state index contributed by atoms with van der Waals surface area (Å²) >= 11 is 7.23. The summed E-state index contributed by atoms with van der Waals surface area (Å²) in [7, 11) is 1.52. The van der Waals surface area contributed by atoms with Crippen LogP contribution < -0.4 is 15.4 Å². The van der Waals surface area contributed by atoms with Gasteiger partial charge in [0.15, 0.2) is 0 Å². The molecule has 0 aliphatic heterocycles. The molecule has 0 saturated heterocycles. The monoisotopic (exact) mass is 406 g/mol. The van der Waals surface area contributed by atoms with Crippen molar-refractivity contribution in [3.63, 3.8) is 0 Å². The predicted molar refractivity (Wildman–Crippen MR) is 113 cm³/mol. The molecule has 5 nitrogen and oxygen atoms in total. The van der Waals surface area contributed by atoms with Crippen molar-refractivity contribution in [2.45, 2.75) is 26.0 Å². The van der Waals surface area contributed by atoms with Crippen LogP contribution in [0.3, 0.4) is 0 Å². The van der Waals surface area contributed by atoms with E-state index in [1.807, 2.05) is 32.0 Å². The second-order valence-corrected chi connectivity index (χ2v) is 7.90. The smallest absolute Gasteiger partial charge is 0.237 e. The number of carbonyl (C=O) groups is 2. The van der Waals surface area contributed by atoms with E-state index in [9.17, 15) is 9.59 Å². The zero-order chi connectivity index (χ0) is 20.0. The maximum absolute atomic E-state index is 12.4. The molecule has 144 valence electrons. The van der Waals surface area contributed by atoms with Gasteiger partial charge in [0.25, 0.3) is 0 Å². The molecule has 27 heavy (non-hydrogen) atoms. The van der Waals surface area contributed by atoms with Crippen molar-refractivity contribution in [2.75, 3.05) is 23.5 Å². The number of thioether (sulfide) groups is 1. The van der Waals surface area contributed by atoms with Gasteiger partial charge in [-0.2, -0.15) is 0 Å². The molecule has 7 heteroatoms. The fourth-order valence-corrected chi connectivity index (χ4v) is 3.16. The third-order valence-corrected chi connectivity index (χ3v) is 5.42. The molecular formula is C20H23ClN2O3S. The third-order valence-electron chi connectivity index (χ3n) is 4.04. The van der Waals surface area contributed by atoms with E-state index >= 15 is 0 Å². The topological polar surface area (TPSA) is 67.4 Å². The molecule has 1 unspecified atom stereocenters. The molecule has 0 aromatic heterocycles. The highest BCUT2D eigenvalue weighted by molar-refractivity contribution is 8.01. The lowest BCUT2D eigenvalue weighted by Crippen LogP contribution is -2.25. The van der Waals surface area contributed by atoms with Crippen molar-refractivity contribution in [1.29, 1.82) is 0 Å². The predicted octanol–water partition coefficient (Wildman–Crippen LogP) is 4.66. The van der Waals surface area contributed by atoms with Crippen molar-refractivity contribution in [2.24, 2.45) is 0 Å². The zero-order valence-corrected chi connectivity index (χ0v) is 17.3. The van der Waals surface area contributed by atoms with Crippen LogP contribution in [0.15, 0.2) is 36.4 Å². The fraction of sp³-hybridized carbons (Fsp3) is 0.300. The van der Waals surface area contributed by atoms with E-state index in [1.54, 1.807) is 25.1 Å². The SMILES string of the molecule is COc1ccc(Cl)cc1NC(=O)C(C)SCC(=O)Nc1ccc(C)c(C)c1. The first-order chi connectivity index (χ1) is 12.8. The summed E-state index contributed by atoms with van der Waals surface area (Å²) < 4.78 is 5.22. The highest BCUT2D eigenvalue weighted by atomic mass is 35.5. The van der Waals surface area contributed by atoms with Crippen molar-refractivity contribution in [3.05, 3.63) is 52.5 Å². The van der Waals surface area contributed by atoms with Gasteiger partial charge in [-0.05, 0) is 62.2 Å². The summed E-state index contributed by atoms with van der Waals surface area (Å²) in [6.07, 6.45) is 0.